The molecule has 2 aliphatic heterocycles. The summed E-state index contributed by atoms with van der Waals surface area (Å²) in [5, 5.41) is 0. The molecule has 130 valence electrons. The molecule has 2 atom stereocenters. The van der Waals surface area contributed by atoms with Gasteiger partial charge in [-0.3, -0.25) is 4.90 Å². The average molecular weight is 322 g/mol. The van der Waals surface area contributed by atoms with Crippen molar-refractivity contribution in [2.45, 2.75) is 51.0 Å². The summed E-state index contributed by atoms with van der Waals surface area (Å²) in [6.07, 6.45) is 4.26. The molecule has 23 heavy (non-hydrogen) atoms. The van der Waals surface area contributed by atoms with E-state index in [0.29, 0.717) is 18.8 Å². The number of likely N-dealkylation sites (N-methyl/N-ethyl adjacent to an activating group) is 1. The first-order valence-corrected chi connectivity index (χ1v) is 8.77. The SMILES string of the molecule is CC(C)N(C)C[C@@H]1CC[C@]2(COCCN(Cc3ccco3)C2)O1. The molecule has 0 unspecified atom stereocenters. The molecule has 0 saturated carbocycles. The van der Waals surface area contributed by atoms with Crippen molar-refractivity contribution in [2.24, 2.45) is 0 Å². The van der Waals surface area contributed by atoms with Gasteiger partial charge in [0.25, 0.3) is 0 Å². The lowest BCUT2D eigenvalue weighted by Gasteiger charge is -2.32. The summed E-state index contributed by atoms with van der Waals surface area (Å²) in [6, 6.07) is 4.54. The van der Waals surface area contributed by atoms with Crippen LogP contribution >= 0.6 is 0 Å². The molecular weight excluding hydrogens is 292 g/mol. The Hall–Kier alpha value is -0.880. The van der Waals surface area contributed by atoms with Crippen LogP contribution in [0.1, 0.15) is 32.4 Å². The van der Waals surface area contributed by atoms with Crippen molar-refractivity contribution < 1.29 is 13.9 Å². The van der Waals surface area contributed by atoms with E-state index in [9.17, 15) is 0 Å². The highest BCUT2D eigenvalue weighted by atomic mass is 16.6. The fourth-order valence-corrected chi connectivity index (χ4v) is 3.52. The van der Waals surface area contributed by atoms with Crippen molar-refractivity contribution in [3.8, 4) is 0 Å². The normalized spacial score (nSPS) is 29.7. The van der Waals surface area contributed by atoms with Crippen LogP contribution in [0.4, 0.5) is 0 Å². The molecule has 3 rings (SSSR count). The average Bonchev–Trinajstić information content (AvgIpc) is 3.09. The van der Waals surface area contributed by atoms with Gasteiger partial charge in [0, 0.05) is 25.7 Å². The van der Waals surface area contributed by atoms with E-state index in [2.05, 4.69) is 30.7 Å². The lowest BCUT2D eigenvalue weighted by Crippen LogP contribution is -2.45. The Morgan fingerprint density at radius 1 is 1.43 bits per heavy atom. The Morgan fingerprint density at radius 3 is 3.04 bits per heavy atom. The standard InChI is InChI=1S/C18H30N2O3/c1-15(2)19(3)11-17-6-7-18(23-17)13-20(8-10-21-14-18)12-16-5-4-9-22-16/h4-5,9,15,17H,6-8,10-14H2,1-3H3/t17-,18-/m0/s1. The zero-order chi connectivity index (χ0) is 16.3. The molecule has 0 aromatic carbocycles. The van der Waals surface area contributed by atoms with Crippen molar-refractivity contribution in [2.75, 3.05) is 39.9 Å². The number of furan rings is 1. The summed E-state index contributed by atoms with van der Waals surface area (Å²) in [5.74, 6) is 1.01. The van der Waals surface area contributed by atoms with E-state index in [1.807, 2.05) is 12.1 Å². The van der Waals surface area contributed by atoms with Crippen molar-refractivity contribution in [1.82, 2.24) is 9.80 Å². The van der Waals surface area contributed by atoms with Gasteiger partial charge in [-0.05, 0) is 45.9 Å². The second-order valence-corrected chi connectivity index (χ2v) is 7.34. The van der Waals surface area contributed by atoms with E-state index in [0.717, 1.165) is 51.4 Å². The second-order valence-electron chi connectivity index (χ2n) is 7.34. The van der Waals surface area contributed by atoms with Crippen LogP contribution in [-0.4, -0.2) is 67.4 Å². The van der Waals surface area contributed by atoms with Gasteiger partial charge in [-0.25, -0.2) is 0 Å². The van der Waals surface area contributed by atoms with Gasteiger partial charge in [-0.1, -0.05) is 0 Å². The summed E-state index contributed by atoms with van der Waals surface area (Å²) in [7, 11) is 2.17. The fraction of sp³-hybridized carbons (Fsp3) is 0.778. The summed E-state index contributed by atoms with van der Waals surface area (Å²) >= 11 is 0. The van der Waals surface area contributed by atoms with E-state index in [1.165, 1.54) is 0 Å². The van der Waals surface area contributed by atoms with E-state index in [1.54, 1.807) is 6.26 Å². The van der Waals surface area contributed by atoms with Gasteiger partial charge >= 0.3 is 0 Å². The van der Waals surface area contributed by atoms with Gasteiger partial charge < -0.3 is 18.8 Å². The minimum absolute atomic E-state index is 0.147. The smallest absolute Gasteiger partial charge is 0.117 e. The van der Waals surface area contributed by atoms with Crippen LogP contribution in [0.3, 0.4) is 0 Å². The Balaban J connectivity index is 1.59. The Morgan fingerprint density at radius 2 is 2.30 bits per heavy atom. The van der Waals surface area contributed by atoms with Crippen LogP contribution in [0, 0.1) is 0 Å². The first kappa shape index (κ1) is 17.0. The van der Waals surface area contributed by atoms with E-state index in [-0.39, 0.29) is 5.60 Å². The molecule has 5 heteroatoms. The van der Waals surface area contributed by atoms with Gasteiger partial charge in [0.1, 0.15) is 11.4 Å². The maximum absolute atomic E-state index is 6.50. The molecule has 0 N–H and O–H groups in total. The fourth-order valence-electron chi connectivity index (χ4n) is 3.52. The highest BCUT2D eigenvalue weighted by Gasteiger charge is 2.43. The number of rotatable bonds is 5. The molecule has 0 amide bonds. The van der Waals surface area contributed by atoms with E-state index < -0.39 is 0 Å². The molecule has 0 aliphatic carbocycles. The molecule has 2 aliphatic rings. The van der Waals surface area contributed by atoms with Crippen LogP contribution in [0.15, 0.2) is 22.8 Å². The van der Waals surface area contributed by atoms with Gasteiger partial charge in [-0.2, -0.15) is 0 Å². The first-order valence-electron chi connectivity index (χ1n) is 8.77. The number of hydrogen-bond acceptors (Lipinski definition) is 5. The Kier molecular flexibility index (Phi) is 5.42. The van der Waals surface area contributed by atoms with Crippen molar-refractivity contribution in [3.63, 3.8) is 0 Å². The minimum atomic E-state index is -0.147. The van der Waals surface area contributed by atoms with Crippen LogP contribution in [0.2, 0.25) is 0 Å². The van der Waals surface area contributed by atoms with Crippen LogP contribution < -0.4 is 0 Å². The lowest BCUT2D eigenvalue weighted by atomic mass is 10.00. The number of nitrogens with zero attached hydrogens (tertiary/aromatic N) is 2. The largest absolute Gasteiger partial charge is 0.468 e. The maximum Gasteiger partial charge on any atom is 0.117 e. The molecule has 2 saturated heterocycles. The first-order chi connectivity index (χ1) is 11.1. The summed E-state index contributed by atoms with van der Waals surface area (Å²) in [6.45, 7) is 9.62. The highest BCUT2D eigenvalue weighted by Crippen LogP contribution is 2.33. The van der Waals surface area contributed by atoms with Crippen molar-refractivity contribution in [1.29, 1.82) is 0 Å². The van der Waals surface area contributed by atoms with Crippen LogP contribution in [0.5, 0.6) is 0 Å². The van der Waals surface area contributed by atoms with Crippen LogP contribution in [0.25, 0.3) is 0 Å². The van der Waals surface area contributed by atoms with Crippen molar-refractivity contribution >= 4 is 0 Å². The molecule has 0 radical (unpaired) electrons. The quantitative estimate of drug-likeness (QED) is 0.832. The Labute approximate surface area is 139 Å². The zero-order valence-corrected chi connectivity index (χ0v) is 14.7. The molecule has 3 heterocycles. The van der Waals surface area contributed by atoms with Gasteiger partial charge in [0.05, 0.1) is 32.1 Å². The monoisotopic (exact) mass is 322 g/mol. The lowest BCUT2D eigenvalue weighted by molar-refractivity contribution is -0.0926. The topological polar surface area (TPSA) is 38.1 Å². The molecule has 2 fully saturated rings. The van der Waals surface area contributed by atoms with Gasteiger partial charge in [-0.15, -0.1) is 0 Å². The summed E-state index contributed by atoms with van der Waals surface area (Å²) < 4.78 is 17.9. The van der Waals surface area contributed by atoms with Crippen LogP contribution in [-0.2, 0) is 16.0 Å². The zero-order valence-electron chi connectivity index (χ0n) is 14.7. The molecule has 5 nitrogen and oxygen atoms in total. The predicted molar refractivity (Wildman–Crippen MR) is 89.4 cm³/mol. The van der Waals surface area contributed by atoms with E-state index in [4.69, 9.17) is 13.9 Å². The molecule has 1 aromatic rings. The third-order valence-electron chi connectivity index (χ3n) is 5.10. The molecular formula is C18H30N2O3. The number of ether oxygens (including phenoxy) is 2. The highest BCUT2D eigenvalue weighted by molar-refractivity contribution is 5.00. The Bertz CT molecular complexity index is 477. The van der Waals surface area contributed by atoms with E-state index >= 15 is 0 Å². The maximum atomic E-state index is 6.50. The van der Waals surface area contributed by atoms with Gasteiger partial charge in [0.2, 0.25) is 0 Å². The predicted octanol–water partition coefficient (Wildman–Crippen LogP) is 2.37. The molecule has 1 spiro atoms. The molecule has 0 bridgehead atoms. The minimum Gasteiger partial charge on any atom is -0.468 e. The third kappa shape index (κ3) is 4.35. The number of hydrogen-bond donors (Lipinski definition) is 0. The second kappa shape index (κ2) is 7.34. The summed E-state index contributed by atoms with van der Waals surface area (Å²) in [5.41, 5.74) is -0.147. The molecule has 1 aromatic heterocycles. The third-order valence-corrected chi connectivity index (χ3v) is 5.10. The van der Waals surface area contributed by atoms with Gasteiger partial charge in [0.15, 0.2) is 0 Å². The van der Waals surface area contributed by atoms with Crippen molar-refractivity contribution in [3.05, 3.63) is 24.2 Å². The summed E-state index contributed by atoms with van der Waals surface area (Å²) in [4.78, 5) is 4.77.